The average Bonchev–Trinajstić information content (AvgIpc) is 2.86. The molecule has 0 aromatic heterocycles. The lowest BCUT2D eigenvalue weighted by Crippen LogP contribution is -2.55. The summed E-state index contributed by atoms with van der Waals surface area (Å²) in [6.45, 7) is 6.65. The zero-order valence-electron chi connectivity index (χ0n) is 24.0. The van der Waals surface area contributed by atoms with Gasteiger partial charge in [0.15, 0.2) is 5.60 Å². The normalized spacial score (nSPS) is 19.8. The second kappa shape index (κ2) is 12.2. The van der Waals surface area contributed by atoms with Crippen molar-refractivity contribution in [3.63, 3.8) is 0 Å². The van der Waals surface area contributed by atoms with Gasteiger partial charge < -0.3 is 29.9 Å². The maximum atomic E-state index is 14.4. The summed E-state index contributed by atoms with van der Waals surface area (Å²) in [7, 11) is 0. The van der Waals surface area contributed by atoms with E-state index < -0.39 is 65.1 Å². The van der Waals surface area contributed by atoms with Crippen molar-refractivity contribution in [2.45, 2.75) is 90.0 Å². The second-order valence-corrected chi connectivity index (χ2v) is 11.2. The first-order valence-electron chi connectivity index (χ1n) is 13.7. The van der Waals surface area contributed by atoms with Crippen LogP contribution in [0.3, 0.4) is 0 Å². The summed E-state index contributed by atoms with van der Waals surface area (Å²) >= 11 is 0. The van der Waals surface area contributed by atoms with Gasteiger partial charge in [0.1, 0.15) is 11.8 Å². The number of anilines is 1. The van der Waals surface area contributed by atoms with E-state index in [0.29, 0.717) is 18.9 Å². The molecule has 2 heterocycles. The maximum absolute atomic E-state index is 14.4. The third kappa shape index (κ3) is 7.04. The molecule has 42 heavy (non-hydrogen) atoms. The van der Waals surface area contributed by atoms with Gasteiger partial charge in [-0.05, 0) is 59.1 Å². The van der Waals surface area contributed by atoms with Crippen LogP contribution in [0, 0.1) is 0 Å². The predicted molar refractivity (Wildman–Crippen MR) is 141 cm³/mol. The molecule has 1 unspecified atom stereocenters. The second-order valence-electron chi connectivity index (χ2n) is 11.2. The Labute approximate surface area is 239 Å². The maximum Gasteiger partial charge on any atom is 0.417 e. The molecule has 15 heteroatoms. The van der Waals surface area contributed by atoms with E-state index in [1.165, 1.54) is 25.7 Å². The van der Waals surface area contributed by atoms with Gasteiger partial charge in [-0.25, -0.2) is 4.79 Å². The first kappa shape index (κ1) is 33.3. The molecule has 0 radical (unpaired) electrons. The van der Waals surface area contributed by atoms with Crippen LogP contribution < -0.4 is 15.0 Å². The van der Waals surface area contributed by atoms with Crippen molar-refractivity contribution in [1.29, 1.82) is 0 Å². The number of benzene rings is 1. The largest absolute Gasteiger partial charge is 0.476 e. The van der Waals surface area contributed by atoms with Gasteiger partial charge in [-0.2, -0.15) is 26.3 Å². The summed E-state index contributed by atoms with van der Waals surface area (Å²) < 4.78 is 88.4. The van der Waals surface area contributed by atoms with Crippen molar-refractivity contribution in [1.82, 2.24) is 15.1 Å². The van der Waals surface area contributed by atoms with Crippen LogP contribution in [0.5, 0.6) is 5.75 Å². The highest BCUT2D eigenvalue weighted by molar-refractivity contribution is 6.05. The van der Waals surface area contributed by atoms with E-state index in [-0.39, 0.29) is 44.0 Å². The molecule has 2 aliphatic heterocycles. The van der Waals surface area contributed by atoms with Gasteiger partial charge in [0.25, 0.3) is 11.8 Å². The molecule has 0 bridgehead atoms. The first-order valence-corrected chi connectivity index (χ1v) is 13.7. The van der Waals surface area contributed by atoms with Crippen LogP contribution in [0.4, 0.5) is 36.8 Å². The number of rotatable bonds is 8. The molecule has 9 nitrogen and oxygen atoms in total. The Morgan fingerprint density at radius 1 is 1.19 bits per heavy atom. The SMILES string of the molecule is CCC(NCCN1C(=O)C(C)(C)Oc2cc(C(F)(F)F)c(C(=O)N(C(C)C)[C@@H]3CCCN(C(=O)O)C3)cc21)C(F)(F)F. The van der Waals surface area contributed by atoms with Crippen LogP contribution in [0.15, 0.2) is 12.1 Å². The van der Waals surface area contributed by atoms with Gasteiger partial charge in [-0.1, -0.05) is 6.92 Å². The number of halogens is 6. The predicted octanol–water partition coefficient (Wildman–Crippen LogP) is 5.13. The summed E-state index contributed by atoms with van der Waals surface area (Å²) in [5.74, 6) is -2.08. The number of nitrogens with zero attached hydrogens (tertiary/aromatic N) is 3. The Balaban J connectivity index is 2.08. The smallest absolute Gasteiger partial charge is 0.417 e. The minimum atomic E-state index is -5.01. The number of nitrogens with one attached hydrogen (secondary N) is 1. The topological polar surface area (TPSA) is 102 Å². The van der Waals surface area contributed by atoms with Crippen molar-refractivity contribution in [3.05, 3.63) is 23.3 Å². The lowest BCUT2D eigenvalue weighted by atomic mass is 9.96. The molecule has 2 atom stereocenters. The monoisotopic (exact) mass is 610 g/mol. The molecule has 0 spiro atoms. The molecule has 1 saturated heterocycles. The Morgan fingerprint density at radius 2 is 1.83 bits per heavy atom. The van der Waals surface area contributed by atoms with Gasteiger partial charge in [0.05, 0.1) is 22.9 Å². The molecule has 2 aliphatic rings. The molecule has 1 aromatic rings. The van der Waals surface area contributed by atoms with Crippen LogP contribution in [0.2, 0.25) is 0 Å². The molecule has 3 amide bonds. The van der Waals surface area contributed by atoms with Gasteiger partial charge >= 0.3 is 18.4 Å². The van der Waals surface area contributed by atoms with E-state index in [1.807, 2.05) is 0 Å². The van der Waals surface area contributed by atoms with E-state index in [9.17, 15) is 45.8 Å². The third-order valence-electron chi connectivity index (χ3n) is 7.43. The quantitative estimate of drug-likeness (QED) is 0.396. The highest BCUT2D eigenvalue weighted by Gasteiger charge is 2.46. The van der Waals surface area contributed by atoms with Crippen molar-refractivity contribution in [2.75, 3.05) is 31.1 Å². The highest BCUT2D eigenvalue weighted by Crippen LogP contribution is 2.44. The molecule has 236 valence electrons. The molecular weight excluding hydrogens is 574 g/mol. The fraction of sp³-hybridized carbons (Fsp3) is 0.667. The Hall–Kier alpha value is -3.23. The van der Waals surface area contributed by atoms with E-state index >= 15 is 0 Å². The molecule has 0 saturated carbocycles. The fourth-order valence-electron chi connectivity index (χ4n) is 5.41. The summed E-state index contributed by atoms with van der Waals surface area (Å²) in [6, 6.07) is -1.65. The number of fused-ring (bicyclic) bond motifs is 1. The number of carboxylic acid groups (broad SMARTS) is 1. The summed E-state index contributed by atoms with van der Waals surface area (Å²) in [4.78, 5) is 42.0. The highest BCUT2D eigenvalue weighted by atomic mass is 19.4. The Morgan fingerprint density at radius 3 is 2.36 bits per heavy atom. The molecule has 1 aromatic carbocycles. The summed E-state index contributed by atoms with van der Waals surface area (Å²) in [5, 5.41) is 11.8. The number of piperidine rings is 1. The summed E-state index contributed by atoms with van der Waals surface area (Å²) in [5.41, 5.74) is -3.91. The van der Waals surface area contributed by atoms with Crippen LogP contribution in [-0.4, -0.2) is 88.9 Å². The number of ether oxygens (including phenoxy) is 1. The molecule has 2 N–H and O–H groups in total. The zero-order chi connectivity index (χ0) is 31.8. The van der Waals surface area contributed by atoms with Crippen LogP contribution in [0.25, 0.3) is 0 Å². The van der Waals surface area contributed by atoms with E-state index in [1.54, 1.807) is 13.8 Å². The van der Waals surface area contributed by atoms with Gasteiger partial charge in [0.2, 0.25) is 0 Å². The van der Waals surface area contributed by atoms with Crippen LogP contribution in [0.1, 0.15) is 69.8 Å². The minimum absolute atomic E-state index is 0.0864. The number of likely N-dealkylation sites (tertiary alicyclic amines) is 1. The molecule has 3 rings (SSSR count). The van der Waals surface area contributed by atoms with Gasteiger partial charge in [-0.3, -0.25) is 9.59 Å². The third-order valence-corrected chi connectivity index (χ3v) is 7.43. The van der Waals surface area contributed by atoms with E-state index in [0.717, 1.165) is 15.9 Å². The van der Waals surface area contributed by atoms with E-state index in [2.05, 4.69) is 5.32 Å². The number of hydrogen-bond donors (Lipinski definition) is 2. The number of amides is 3. The van der Waals surface area contributed by atoms with Crippen LogP contribution >= 0.6 is 0 Å². The molecule has 0 aliphatic carbocycles. The number of alkyl halides is 6. The Bertz CT molecular complexity index is 1190. The molecule has 1 fully saturated rings. The average molecular weight is 611 g/mol. The number of carbonyl (C=O) groups is 3. The Kier molecular flexibility index (Phi) is 9.64. The minimum Gasteiger partial charge on any atom is -0.476 e. The lowest BCUT2D eigenvalue weighted by molar-refractivity contribution is -0.156. The van der Waals surface area contributed by atoms with E-state index in [4.69, 9.17) is 4.74 Å². The number of hydrogen-bond acceptors (Lipinski definition) is 5. The van der Waals surface area contributed by atoms with Crippen molar-refractivity contribution < 1.29 is 50.6 Å². The van der Waals surface area contributed by atoms with Gasteiger partial charge in [0, 0.05) is 32.2 Å². The van der Waals surface area contributed by atoms with Crippen molar-refractivity contribution in [2.24, 2.45) is 0 Å². The van der Waals surface area contributed by atoms with Crippen LogP contribution in [-0.2, 0) is 11.0 Å². The standard InChI is InChI=1S/C27H36F6N4O5/c1-6-21(27(31,32)33)34-9-11-36-19-12-17(18(26(28,29)30)13-20(19)42-25(4,5)23(36)39)22(38)37(15(2)3)16-8-7-10-35(14-16)24(40)41/h12-13,15-16,21,34H,6-11,14H2,1-5H3,(H,40,41)/t16-,21?/m1/s1. The first-order chi connectivity index (χ1) is 19.3. The molecular formula is C27H36F6N4O5. The zero-order valence-corrected chi connectivity index (χ0v) is 24.0. The van der Waals surface area contributed by atoms with Gasteiger partial charge in [-0.15, -0.1) is 0 Å². The van der Waals surface area contributed by atoms with Crippen molar-refractivity contribution >= 4 is 23.6 Å². The lowest BCUT2D eigenvalue weighted by Gasteiger charge is -2.42. The number of carbonyl (C=O) groups excluding carboxylic acids is 2. The van der Waals surface area contributed by atoms with Crippen molar-refractivity contribution in [3.8, 4) is 5.75 Å². The summed E-state index contributed by atoms with van der Waals surface area (Å²) in [6.07, 6.45) is -10.3. The fourth-order valence-corrected chi connectivity index (χ4v) is 5.41.